The smallest absolute Gasteiger partial charge is 0.408 e. The van der Waals surface area contributed by atoms with E-state index in [1.165, 1.54) is 12.1 Å². The van der Waals surface area contributed by atoms with E-state index in [0.29, 0.717) is 12.0 Å². The van der Waals surface area contributed by atoms with Crippen LogP contribution in [0.5, 0.6) is 5.75 Å². The zero-order valence-electron chi connectivity index (χ0n) is 25.1. The summed E-state index contributed by atoms with van der Waals surface area (Å²) >= 11 is 0. The molecule has 0 radical (unpaired) electrons. The summed E-state index contributed by atoms with van der Waals surface area (Å²) in [6, 6.07) is 10.6. The standard InChI is InChI=1S/C31H43N5O8/c1-3-20(2)16-27(39)24(10-7-15-33-30(32)42)34-28(40)25(17-21-11-13-23(38)14-12-21)35-29(41)26(18-37)36-31(43)44-19-22-8-5-4-6-9-22/h4-6,8-9,11-14,20,24-26,37-38H,3,7,10,15-19H2,1-2H3,(H,34,40)(H,35,41)(H,36,43)(H3,32,33,42)/t20?,24-,25+,26+/m1/s1. The van der Waals surface area contributed by atoms with E-state index < -0.39 is 48.7 Å². The van der Waals surface area contributed by atoms with E-state index in [0.717, 1.165) is 12.0 Å². The van der Waals surface area contributed by atoms with E-state index in [9.17, 15) is 34.2 Å². The molecule has 5 amide bonds. The number of phenols is 1. The SMILES string of the molecule is CCC(C)CC(=O)[C@@H](CCCNC(N)=O)NC(=O)[C@H](Cc1ccc(O)cc1)NC(=O)[C@H](CO)NC(=O)OCc1ccccc1. The highest BCUT2D eigenvalue weighted by atomic mass is 16.5. The molecule has 0 saturated heterocycles. The summed E-state index contributed by atoms with van der Waals surface area (Å²) in [6.45, 7) is 3.25. The van der Waals surface area contributed by atoms with E-state index in [1.54, 1.807) is 36.4 Å². The third-order valence-electron chi connectivity index (χ3n) is 6.93. The maximum Gasteiger partial charge on any atom is 0.408 e. The predicted octanol–water partition coefficient (Wildman–Crippen LogP) is 1.65. The van der Waals surface area contributed by atoms with Crippen LogP contribution in [0.3, 0.4) is 0 Å². The molecule has 240 valence electrons. The number of phenolic OH excluding ortho intramolecular Hbond substituents is 1. The zero-order chi connectivity index (χ0) is 32.5. The van der Waals surface area contributed by atoms with Gasteiger partial charge in [0.05, 0.1) is 12.6 Å². The Balaban J connectivity index is 2.17. The van der Waals surface area contributed by atoms with Crippen LogP contribution in [0.15, 0.2) is 54.6 Å². The molecular weight excluding hydrogens is 570 g/mol. The van der Waals surface area contributed by atoms with Crippen LogP contribution >= 0.6 is 0 Å². The van der Waals surface area contributed by atoms with Gasteiger partial charge in [0.15, 0.2) is 5.78 Å². The summed E-state index contributed by atoms with van der Waals surface area (Å²) in [5.41, 5.74) is 6.43. The molecule has 0 heterocycles. The average Bonchev–Trinajstić information content (AvgIpc) is 3.01. The van der Waals surface area contributed by atoms with Crippen molar-refractivity contribution in [2.24, 2.45) is 11.7 Å². The van der Waals surface area contributed by atoms with Gasteiger partial charge in [0.25, 0.3) is 0 Å². The van der Waals surface area contributed by atoms with Crippen LogP contribution in [-0.2, 0) is 32.1 Å². The summed E-state index contributed by atoms with van der Waals surface area (Å²) in [5, 5.41) is 29.5. The quantitative estimate of drug-likeness (QED) is 0.123. The Bertz CT molecular complexity index is 1230. The maximum atomic E-state index is 13.6. The van der Waals surface area contributed by atoms with Crippen molar-refractivity contribution in [3.8, 4) is 5.75 Å². The number of ether oxygens (including phenoxy) is 1. The molecule has 0 spiro atoms. The number of hydrogen-bond acceptors (Lipinski definition) is 8. The lowest BCUT2D eigenvalue weighted by Crippen LogP contribution is -2.57. The van der Waals surface area contributed by atoms with Crippen LogP contribution in [0.4, 0.5) is 9.59 Å². The largest absolute Gasteiger partial charge is 0.508 e. The number of carbonyl (C=O) groups is 5. The lowest BCUT2D eigenvalue weighted by atomic mass is 9.95. The summed E-state index contributed by atoms with van der Waals surface area (Å²) in [6.07, 6.45) is 0.596. The first-order chi connectivity index (χ1) is 21.0. The first-order valence-corrected chi connectivity index (χ1v) is 14.5. The molecule has 44 heavy (non-hydrogen) atoms. The van der Waals surface area contributed by atoms with Gasteiger partial charge in [-0.05, 0) is 42.0 Å². The topological polar surface area (TPSA) is 209 Å². The van der Waals surface area contributed by atoms with Gasteiger partial charge in [0.1, 0.15) is 24.4 Å². The Hall–Kier alpha value is -4.65. The van der Waals surface area contributed by atoms with Gasteiger partial charge < -0.3 is 42.0 Å². The van der Waals surface area contributed by atoms with E-state index >= 15 is 0 Å². The number of ketones is 1. The minimum Gasteiger partial charge on any atom is -0.508 e. The number of hydrogen-bond donors (Lipinski definition) is 7. The predicted molar refractivity (Wildman–Crippen MR) is 162 cm³/mol. The Kier molecular flexibility index (Phi) is 15.2. The second-order valence-corrected chi connectivity index (χ2v) is 10.6. The molecule has 8 N–H and O–H groups in total. The van der Waals surface area contributed by atoms with Crippen LogP contribution in [-0.4, -0.2) is 71.2 Å². The van der Waals surface area contributed by atoms with Crippen molar-refractivity contribution >= 4 is 29.7 Å². The Morgan fingerprint density at radius 2 is 1.50 bits per heavy atom. The number of benzene rings is 2. The molecule has 2 aromatic rings. The number of aliphatic hydroxyl groups is 1. The zero-order valence-corrected chi connectivity index (χ0v) is 25.1. The molecule has 1 unspecified atom stereocenters. The van der Waals surface area contributed by atoms with Crippen molar-refractivity contribution in [1.82, 2.24) is 21.3 Å². The molecule has 13 heteroatoms. The lowest BCUT2D eigenvalue weighted by molar-refractivity contribution is -0.132. The van der Waals surface area contributed by atoms with Gasteiger partial charge in [0.2, 0.25) is 11.8 Å². The monoisotopic (exact) mass is 613 g/mol. The van der Waals surface area contributed by atoms with Crippen molar-refractivity contribution in [1.29, 1.82) is 0 Å². The number of primary amides is 1. The lowest BCUT2D eigenvalue weighted by Gasteiger charge is -2.25. The Morgan fingerprint density at radius 1 is 0.864 bits per heavy atom. The number of alkyl carbamates (subject to hydrolysis) is 1. The number of Topliss-reactive ketones (excluding diaryl/α,β-unsaturated/α-hetero) is 1. The van der Waals surface area contributed by atoms with Crippen molar-refractivity contribution in [2.45, 2.75) is 70.7 Å². The van der Waals surface area contributed by atoms with Crippen LogP contribution in [0.1, 0.15) is 50.7 Å². The molecule has 0 aromatic heterocycles. The van der Waals surface area contributed by atoms with Crippen LogP contribution < -0.4 is 27.0 Å². The van der Waals surface area contributed by atoms with Gasteiger partial charge in [-0.3, -0.25) is 14.4 Å². The molecular formula is C31H43N5O8. The van der Waals surface area contributed by atoms with Gasteiger partial charge in [-0.25, -0.2) is 9.59 Å². The number of aliphatic hydroxyl groups excluding tert-OH is 1. The van der Waals surface area contributed by atoms with Crippen LogP contribution in [0.25, 0.3) is 0 Å². The van der Waals surface area contributed by atoms with Gasteiger partial charge in [0, 0.05) is 19.4 Å². The summed E-state index contributed by atoms with van der Waals surface area (Å²) in [4.78, 5) is 63.2. The van der Waals surface area contributed by atoms with E-state index in [-0.39, 0.29) is 49.9 Å². The van der Waals surface area contributed by atoms with E-state index in [1.807, 2.05) is 19.9 Å². The second-order valence-electron chi connectivity index (χ2n) is 10.6. The van der Waals surface area contributed by atoms with Crippen molar-refractivity contribution in [2.75, 3.05) is 13.2 Å². The fourth-order valence-electron chi connectivity index (χ4n) is 4.18. The summed E-state index contributed by atoms with van der Waals surface area (Å²) in [7, 11) is 0. The average molecular weight is 614 g/mol. The number of nitrogens with two attached hydrogens (primary N) is 1. The number of amides is 5. The highest BCUT2D eigenvalue weighted by Gasteiger charge is 2.30. The van der Waals surface area contributed by atoms with Gasteiger partial charge in [-0.1, -0.05) is 62.7 Å². The van der Waals surface area contributed by atoms with Crippen LogP contribution in [0.2, 0.25) is 0 Å². The molecule has 0 aliphatic carbocycles. The van der Waals surface area contributed by atoms with Gasteiger partial charge in [-0.15, -0.1) is 0 Å². The van der Waals surface area contributed by atoms with Crippen LogP contribution in [0, 0.1) is 5.92 Å². The molecule has 2 rings (SSSR count). The number of nitrogens with one attached hydrogen (secondary N) is 4. The summed E-state index contributed by atoms with van der Waals surface area (Å²) < 4.78 is 5.14. The highest BCUT2D eigenvalue weighted by Crippen LogP contribution is 2.14. The number of urea groups is 1. The third-order valence-corrected chi connectivity index (χ3v) is 6.93. The third kappa shape index (κ3) is 13.1. The molecule has 2 aromatic carbocycles. The molecule has 0 aliphatic rings. The van der Waals surface area contributed by atoms with E-state index in [4.69, 9.17) is 10.5 Å². The number of rotatable bonds is 18. The fraction of sp³-hybridized carbons (Fsp3) is 0.452. The summed E-state index contributed by atoms with van der Waals surface area (Å²) in [5.74, 6) is -1.62. The Morgan fingerprint density at radius 3 is 2.11 bits per heavy atom. The Labute approximate surface area is 256 Å². The maximum absolute atomic E-state index is 13.6. The molecule has 0 fully saturated rings. The highest BCUT2D eigenvalue weighted by molar-refractivity contribution is 5.94. The normalized spacial score (nSPS) is 13.4. The minimum atomic E-state index is -1.43. The molecule has 0 bridgehead atoms. The van der Waals surface area contributed by atoms with E-state index in [2.05, 4.69) is 21.3 Å². The van der Waals surface area contributed by atoms with Crippen molar-refractivity contribution in [3.63, 3.8) is 0 Å². The van der Waals surface area contributed by atoms with Gasteiger partial charge in [-0.2, -0.15) is 0 Å². The van der Waals surface area contributed by atoms with Crippen molar-refractivity contribution in [3.05, 3.63) is 65.7 Å². The first-order valence-electron chi connectivity index (χ1n) is 14.5. The molecule has 13 nitrogen and oxygen atoms in total. The van der Waals surface area contributed by atoms with Gasteiger partial charge >= 0.3 is 12.1 Å². The molecule has 4 atom stereocenters. The number of aromatic hydroxyl groups is 1. The van der Waals surface area contributed by atoms with Crippen molar-refractivity contribution < 1.29 is 38.9 Å². The fourth-order valence-corrected chi connectivity index (χ4v) is 4.18. The molecule has 0 aliphatic heterocycles. The first kappa shape index (κ1) is 35.5. The number of carbonyl (C=O) groups excluding carboxylic acids is 5. The molecule has 0 saturated carbocycles. The second kappa shape index (κ2) is 18.8. The minimum absolute atomic E-state index is 0.0117.